The van der Waals surface area contributed by atoms with Crippen LogP contribution in [0.3, 0.4) is 0 Å². The number of phenolic OH excluding ortho intramolecular Hbond substituents is 1. The van der Waals surface area contributed by atoms with Gasteiger partial charge >= 0.3 is 5.63 Å². The van der Waals surface area contributed by atoms with Crippen LogP contribution in [0.2, 0.25) is 0 Å². The van der Waals surface area contributed by atoms with Crippen molar-refractivity contribution in [2.24, 2.45) is 0 Å². The van der Waals surface area contributed by atoms with E-state index in [1.54, 1.807) is 19.1 Å². The number of fused-ring (bicyclic) bond motifs is 1. The minimum absolute atomic E-state index is 0.00347. The monoisotopic (exact) mass is 206 g/mol. The molecule has 0 bridgehead atoms. The summed E-state index contributed by atoms with van der Waals surface area (Å²) in [5, 5.41) is 10.3. The summed E-state index contributed by atoms with van der Waals surface area (Å²) >= 11 is 0. The summed E-state index contributed by atoms with van der Waals surface area (Å²) in [6.45, 7) is 1.73. The largest absolute Gasteiger partial charge is 0.504 e. The normalized spacial score (nSPS) is 10.5. The number of aryl methyl sites for hydroxylation is 1. The van der Waals surface area contributed by atoms with Crippen molar-refractivity contribution in [1.29, 1.82) is 0 Å². The van der Waals surface area contributed by atoms with Crippen molar-refractivity contribution in [2.45, 2.75) is 6.92 Å². The molecule has 0 aliphatic rings. The van der Waals surface area contributed by atoms with Crippen molar-refractivity contribution in [3.8, 4) is 11.5 Å². The molecule has 0 atom stereocenters. The fraction of sp³-hybridized carbons (Fsp3) is 0.182. The zero-order chi connectivity index (χ0) is 11.0. The fourth-order valence-corrected chi connectivity index (χ4v) is 1.57. The highest BCUT2D eigenvalue weighted by molar-refractivity contribution is 5.88. The molecule has 4 nitrogen and oxygen atoms in total. The molecule has 0 saturated heterocycles. The fourth-order valence-electron chi connectivity index (χ4n) is 1.57. The van der Waals surface area contributed by atoms with Gasteiger partial charge in [-0.15, -0.1) is 0 Å². The van der Waals surface area contributed by atoms with E-state index in [4.69, 9.17) is 9.15 Å². The van der Waals surface area contributed by atoms with Gasteiger partial charge in [0.15, 0.2) is 11.5 Å². The molecule has 15 heavy (non-hydrogen) atoms. The molecule has 1 aromatic heterocycles. The highest BCUT2D eigenvalue weighted by Gasteiger charge is 2.11. The summed E-state index contributed by atoms with van der Waals surface area (Å²) in [5.74, 6) is 0.357. The van der Waals surface area contributed by atoms with Gasteiger partial charge in [0, 0.05) is 6.07 Å². The number of benzene rings is 1. The second-order valence-electron chi connectivity index (χ2n) is 3.24. The molecule has 0 unspecified atom stereocenters. The first-order valence-electron chi connectivity index (χ1n) is 4.44. The Morgan fingerprint density at radius 2 is 2.13 bits per heavy atom. The van der Waals surface area contributed by atoms with Crippen molar-refractivity contribution in [3.05, 3.63) is 34.2 Å². The summed E-state index contributed by atoms with van der Waals surface area (Å²) in [7, 11) is 1.47. The first kappa shape index (κ1) is 9.58. The molecule has 0 fully saturated rings. The highest BCUT2D eigenvalue weighted by atomic mass is 16.5. The van der Waals surface area contributed by atoms with Crippen LogP contribution in [0.5, 0.6) is 11.5 Å². The number of rotatable bonds is 1. The van der Waals surface area contributed by atoms with E-state index in [-0.39, 0.29) is 5.75 Å². The van der Waals surface area contributed by atoms with Gasteiger partial charge in [0.25, 0.3) is 0 Å². The Labute approximate surface area is 85.7 Å². The van der Waals surface area contributed by atoms with E-state index >= 15 is 0 Å². The van der Waals surface area contributed by atoms with Crippen LogP contribution >= 0.6 is 0 Å². The van der Waals surface area contributed by atoms with Crippen molar-refractivity contribution in [2.75, 3.05) is 7.11 Å². The summed E-state index contributed by atoms with van der Waals surface area (Å²) in [5.41, 5.74) is 0.598. The van der Waals surface area contributed by atoms with Crippen LogP contribution in [0, 0.1) is 6.92 Å². The third-order valence-corrected chi connectivity index (χ3v) is 2.26. The number of hydrogen-bond acceptors (Lipinski definition) is 4. The summed E-state index contributed by atoms with van der Waals surface area (Å²) in [6.07, 6.45) is 0. The summed E-state index contributed by atoms with van der Waals surface area (Å²) < 4.78 is 9.92. The van der Waals surface area contributed by atoms with E-state index in [1.165, 1.54) is 13.2 Å². The molecule has 2 rings (SSSR count). The first-order chi connectivity index (χ1) is 7.13. The summed E-state index contributed by atoms with van der Waals surface area (Å²) in [6, 6.07) is 4.49. The van der Waals surface area contributed by atoms with E-state index in [9.17, 15) is 9.90 Å². The van der Waals surface area contributed by atoms with Gasteiger partial charge in [-0.05, 0) is 24.6 Å². The average molecular weight is 206 g/mol. The third kappa shape index (κ3) is 1.44. The molecule has 0 aliphatic carbocycles. The number of hydrogen-bond donors (Lipinski definition) is 1. The Hall–Kier alpha value is -1.97. The minimum Gasteiger partial charge on any atom is -0.504 e. The van der Waals surface area contributed by atoms with Crippen molar-refractivity contribution >= 4 is 11.0 Å². The lowest BCUT2D eigenvalue weighted by molar-refractivity contribution is 0.375. The maximum Gasteiger partial charge on any atom is 0.336 e. The van der Waals surface area contributed by atoms with Crippen LogP contribution in [-0.2, 0) is 0 Å². The lowest BCUT2D eigenvalue weighted by Gasteiger charge is -2.07. The van der Waals surface area contributed by atoms with E-state index in [1.807, 2.05) is 0 Å². The lowest BCUT2D eigenvalue weighted by atomic mass is 10.1. The van der Waals surface area contributed by atoms with Gasteiger partial charge in [-0.3, -0.25) is 0 Å². The Morgan fingerprint density at radius 1 is 1.40 bits per heavy atom. The van der Waals surface area contributed by atoms with E-state index in [0.29, 0.717) is 22.3 Å². The predicted molar refractivity (Wildman–Crippen MR) is 55.4 cm³/mol. The third-order valence-electron chi connectivity index (χ3n) is 2.26. The number of methoxy groups -OCH3 is 1. The summed E-state index contributed by atoms with van der Waals surface area (Å²) in [4.78, 5) is 11.1. The quantitative estimate of drug-likeness (QED) is 0.723. The number of ether oxygens (including phenoxy) is 1. The molecule has 0 aliphatic heterocycles. The molecule has 0 amide bonds. The molecule has 78 valence electrons. The molecular formula is C11H10O4. The molecule has 1 heterocycles. The molecule has 1 N–H and O–H groups in total. The van der Waals surface area contributed by atoms with Crippen LogP contribution < -0.4 is 10.4 Å². The zero-order valence-corrected chi connectivity index (χ0v) is 8.40. The van der Waals surface area contributed by atoms with Crippen molar-refractivity contribution < 1.29 is 14.3 Å². The number of phenols is 1. The molecule has 0 saturated carbocycles. The molecule has 0 radical (unpaired) electrons. The Balaban J connectivity index is 2.93. The predicted octanol–water partition coefficient (Wildman–Crippen LogP) is 1.82. The van der Waals surface area contributed by atoms with Crippen LogP contribution in [0.15, 0.2) is 27.4 Å². The first-order valence-corrected chi connectivity index (χ1v) is 4.44. The smallest absolute Gasteiger partial charge is 0.336 e. The molecule has 4 heteroatoms. The highest BCUT2D eigenvalue weighted by Crippen LogP contribution is 2.35. The van der Waals surface area contributed by atoms with E-state index in [0.717, 1.165) is 0 Å². The van der Waals surface area contributed by atoms with Gasteiger partial charge in [-0.25, -0.2) is 4.79 Å². The number of aromatic hydroxyl groups is 1. The maximum absolute atomic E-state index is 11.1. The van der Waals surface area contributed by atoms with Gasteiger partial charge in [-0.1, -0.05) is 0 Å². The molecule has 2 aromatic rings. The SMILES string of the molecule is COc1ccc2oc(=O)cc(C)c2c1O. The average Bonchev–Trinajstić information content (AvgIpc) is 2.17. The van der Waals surface area contributed by atoms with Crippen LogP contribution in [0.25, 0.3) is 11.0 Å². The maximum atomic E-state index is 11.1. The molecule has 0 spiro atoms. The van der Waals surface area contributed by atoms with E-state index < -0.39 is 5.63 Å². The molecular weight excluding hydrogens is 196 g/mol. The zero-order valence-electron chi connectivity index (χ0n) is 8.40. The van der Waals surface area contributed by atoms with Crippen LogP contribution in [-0.4, -0.2) is 12.2 Å². The standard InChI is InChI=1S/C11H10O4/c1-6-5-9(12)15-7-3-4-8(14-2)11(13)10(6)7/h3-5,13H,1-2H3. The van der Waals surface area contributed by atoms with Gasteiger partial charge in [0.1, 0.15) is 5.58 Å². The Morgan fingerprint density at radius 3 is 2.80 bits per heavy atom. The second-order valence-corrected chi connectivity index (χ2v) is 3.24. The van der Waals surface area contributed by atoms with Crippen molar-refractivity contribution in [3.63, 3.8) is 0 Å². The van der Waals surface area contributed by atoms with Gasteiger partial charge < -0.3 is 14.3 Å². The minimum atomic E-state index is -0.426. The van der Waals surface area contributed by atoms with Gasteiger partial charge in [0.05, 0.1) is 12.5 Å². The topological polar surface area (TPSA) is 59.7 Å². The Bertz CT molecular complexity index is 569. The van der Waals surface area contributed by atoms with Gasteiger partial charge in [-0.2, -0.15) is 0 Å². The second kappa shape index (κ2) is 3.31. The van der Waals surface area contributed by atoms with Crippen molar-refractivity contribution in [1.82, 2.24) is 0 Å². The lowest BCUT2D eigenvalue weighted by Crippen LogP contribution is -1.98. The van der Waals surface area contributed by atoms with Crippen LogP contribution in [0.1, 0.15) is 5.56 Å². The van der Waals surface area contributed by atoms with Crippen LogP contribution in [0.4, 0.5) is 0 Å². The van der Waals surface area contributed by atoms with E-state index in [2.05, 4.69) is 0 Å². The Kier molecular flexibility index (Phi) is 2.11. The molecule has 1 aromatic carbocycles. The van der Waals surface area contributed by atoms with Gasteiger partial charge in [0.2, 0.25) is 0 Å².